The number of carbonyl (C=O) groups is 2. The van der Waals surface area contributed by atoms with Crippen LogP contribution in [-0.4, -0.2) is 55.7 Å². The lowest BCUT2D eigenvalue weighted by Crippen LogP contribution is -2.40. The van der Waals surface area contributed by atoms with E-state index in [2.05, 4.69) is 10.3 Å². The molecule has 0 radical (unpaired) electrons. The first-order valence-corrected chi connectivity index (χ1v) is 9.96. The zero-order valence-corrected chi connectivity index (χ0v) is 15.7. The number of hydrogen-bond donors (Lipinski definition) is 2. The number of aromatic amines is 1. The molecule has 1 aliphatic heterocycles. The summed E-state index contributed by atoms with van der Waals surface area (Å²) in [5.41, 5.74) is 1.51. The van der Waals surface area contributed by atoms with E-state index < -0.39 is 10.0 Å². The lowest BCUT2D eigenvalue weighted by atomic mass is 10.2. The van der Waals surface area contributed by atoms with E-state index in [9.17, 15) is 18.0 Å². The summed E-state index contributed by atoms with van der Waals surface area (Å²) in [7, 11) is -3.53. The third-order valence-corrected chi connectivity index (χ3v) is 6.23. The Morgan fingerprint density at radius 2 is 1.85 bits per heavy atom. The van der Waals surface area contributed by atoms with Gasteiger partial charge in [-0.1, -0.05) is 12.1 Å². The molecule has 27 heavy (non-hydrogen) atoms. The van der Waals surface area contributed by atoms with Gasteiger partial charge >= 0.3 is 0 Å². The molecule has 0 spiro atoms. The van der Waals surface area contributed by atoms with Gasteiger partial charge < -0.3 is 15.0 Å². The number of H-pyrrole nitrogens is 1. The first-order chi connectivity index (χ1) is 12.9. The molecule has 2 heterocycles. The second-order valence-electron chi connectivity index (χ2n) is 6.20. The average molecular weight is 391 g/mol. The van der Waals surface area contributed by atoms with Crippen molar-refractivity contribution in [1.82, 2.24) is 14.6 Å². The number of rotatable bonds is 6. The van der Waals surface area contributed by atoms with Crippen LogP contribution in [0.15, 0.2) is 41.4 Å². The first kappa shape index (κ1) is 19.3. The van der Waals surface area contributed by atoms with Crippen LogP contribution in [0.25, 0.3) is 0 Å². The number of Topliss-reactive ketones (excluding diaryl/α,β-unsaturated/α-hetero) is 1. The van der Waals surface area contributed by atoms with Gasteiger partial charge in [0, 0.05) is 31.4 Å². The number of nitrogens with one attached hydrogen (secondary N) is 2. The van der Waals surface area contributed by atoms with E-state index in [0.717, 1.165) is 5.56 Å². The number of nitrogens with zero attached hydrogens (tertiary/aromatic N) is 1. The standard InChI is InChI=1S/C18H21N3O5S/c1-13(22)15-10-17(19-12-15)18(23)20-11-14-2-4-16(5-3-14)27(24,25)21-6-8-26-9-7-21/h2-5,10,12,19H,6-9,11H2,1H3,(H,20,23). The Balaban J connectivity index is 1.61. The van der Waals surface area contributed by atoms with Gasteiger partial charge in [0.05, 0.1) is 18.1 Å². The highest BCUT2D eigenvalue weighted by atomic mass is 32.2. The van der Waals surface area contributed by atoms with Crippen molar-refractivity contribution in [1.29, 1.82) is 0 Å². The van der Waals surface area contributed by atoms with Gasteiger partial charge in [0.25, 0.3) is 5.91 Å². The van der Waals surface area contributed by atoms with E-state index in [-0.39, 0.29) is 23.1 Å². The summed E-state index contributed by atoms with van der Waals surface area (Å²) >= 11 is 0. The van der Waals surface area contributed by atoms with Crippen molar-refractivity contribution in [2.75, 3.05) is 26.3 Å². The SMILES string of the molecule is CC(=O)c1c[nH]c(C(=O)NCc2ccc(S(=O)(=O)N3CCOCC3)cc2)c1. The quantitative estimate of drug-likeness (QED) is 0.719. The fraction of sp³-hybridized carbons (Fsp3) is 0.333. The molecule has 9 heteroatoms. The van der Waals surface area contributed by atoms with Crippen LogP contribution in [0, 0.1) is 0 Å². The van der Waals surface area contributed by atoms with Crippen LogP contribution < -0.4 is 5.32 Å². The number of ketones is 1. The minimum atomic E-state index is -3.53. The number of aromatic nitrogens is 1. The number of amides is 1. The lowest BCUT2D eigenvalue weighted by Gasteiger charge is -2.26. The van der Waals surface area contributed by atoms with Crippen molar-refractivity contribution in [3.8, 4) is 0 Å². The van der Waals surface area contributed by atoms with Gasteiger partial charge in [-0.3, -0.25) is 9.59 Å². The van der Waals surface area contributed by atoms with E-state index in [0.29, 0.717) is 37.6 Å². The van der Waals surface area contributed by atoms with E-state index >= 15 is 0 Å². The summed E-state index contributed by atoms with van der Waals surface area (Å²) in [6.45, 7) is 3.15. The summed E-state index contributed by atoms with van der Waals surface area (Å²) in [6, 6.07) is 7.91. The van der Waals surface area contributed by atoms with E-state index in [1.165, 1.54) is 35.6 Å². The maximum absolute atomic E-state index is 12.6. The van der Waals surface area contributed by atoms with Gasteiger partial charge in [0.15, 0.2) is 5.78 Å². The number of benzene rings is 1. The summed E-state index contributed by atoms with van der Waals surface area (Å²) in [6.07, 6.45) is 1.49. The van der Waals surface area contributed by atoms with Crippen molar-refractivity contribution in [2.24, 2.45) is 0 Å². The number of ether oxygens (including phenoxy) is 1. The highest BCUT2D eigenvalue weighted by molar-refractivity contribution is 7.89. The molecule has 0 bridgehead atoms. The molecule has 0 atom stereocenters. The third kappa shape index (κ3) is 4.44. The lowest BCUT2D eigenvalue weighted by molar-refractivity contribution is 0.0730. The topological polar surface area (TPSA) is 109 Å². The van der Waals surface area contributed by atoms with Gasteiger partial charge in [-0.05, 0) is 30.7 Å². The second-order valence-corrected chi connectivity index (χ2v) is 8.14. The van der Waals surface area contributed by atoms with Crippen LogP contribution >= 0.6 is 0 Å². The van der Waals surface area contributed by atoms with Crippen LogP contribution in [-0.2, 0) is 21.3 Å². The van der Waals surface area contributed by atoms with Crippen molar-refractivity contribution in [3.05, 3.63) is 53.3 Å². The molecule has 2 aromatic rings. The summed E-state index contributed by atoms with van der Waals surface area (Å²) in [5, 5.41) is 2.73. The van der Waals surface area contributed by atoms with Gasteiger partial charge in [-0.25, -0.2) is 8.42 Å². The molecule has 1 aromatic carbocycles. The third-order valence-electron chi connectivity index (χ3n) is 4.32. The molecule has 0 unspecified atom stereocenters. The molecule has 1 amide bonds. The second kappa shape index (κ2) is 8.03. The van der Waals surface area contributed by atoms with E-state index in [1.54, 1.807) is 12.1 Å². The predicted octanol–water partition coefficient (Wildman–Crippen LogP) is 1.17. The van der Waals surface area contributed by atoms with Crippen molar-refractivity contribution in [3.63, 3.8) is 0 Å². The molecule has 1 fully saturated rings. The molecule has 0 saturated carbocycles. The smallest absolute Gasteiger partial charge is 0.267 e. The fourth-order valence-electron chi connectivity index (χ4n) is 2.72. The van der Waals surface area contributed by atoms with Gasteiger partial charge in [-0.2, -0.15) is 4.31 Å². The molecule has 8 nitrogen and oxygen atoms in total. The van der Waals surface area contributed by atoms with Crippen LogP contribution in [0.4, 0.5) is 0 Å². The summed E-state index contributed by atoms with van der Waals surface area (Å²) in [4.78, 5) is 26.4. The van der Waals surface area contributed by atoms with Crippen LogP contribution in [0.1, 0.15) is 33.3 Å². The molecular formula is C18H21N3O5S. The molecular weight excluding hydrogens is 370 g/mol. The monoisotopic (exact) mass is 391 g/mol. The van der Waals surface area contributed by atoms with Gasteiger partial charge in [0.2, 0.25) is 10.0 Å². The maximum Gasteiger partial charge on any atom is 0.267 e. The zero-order valence-electron chi connectivity index (χ0n) is 14.9. The molecule has 0 aliphatic carbocycles. The fourth-order valence-corrected chi connectivity index (χ4v) is 4.13. The average Bonchev–Trinajstić information content (AvgIpc) is 3.18. The molecule has 2 N–H and O–H groups in total. The van der Waals surface area contributed by atoms with Crippen LogP contribution in [0.3, 0.4) is 0 Å². The first-order valence-electron chi connectivity index (χ1n) is 8.52. The normalized spacial score (nSPS) is 15.4. The molecule has 3 rings (SSSR count). The van der Waals surface area contributed by atoms with Crippen LogP contribution in [0.5, 0.6) is 0 Å². The Kier molecular flexibility index (Phi) is 5.73. The summed E-state index contributed by atoms with van der Waals surface area (Å²) in [5.74, 6) is -0.463. The number of sulfonamides is 1. The Bertz CT molecular complexity index is 928. The largest absolute Gasteiger partial charge is 0.379 e. The number of carbonyl (C=O) groups excluding carboxylic acids is 2. The number of morpholine rings is 1. The Hall–Kier alpha value is -2.49. The molecule has 1 aromatic heterocycles. The van der Waals surface area contributed by atoms with Crippen molar-refractivity contribution in [2.45, 2.75) is 18.4 Å². The van der Waals surface area contributed by atoms with Crippen molar-refractivity contribution >= 4 is 21.7 Å². The van der Waals surface area contributed by atoms with Gasteiger partial charge in [-0.15, -0.1) is 0 Å². The molecule has 144 valence electrons. The van der Waals surface area contributed by atoms with Gasteiger partial charge in [0.1, 0.15) is 5.69 Å². The van der Waals surface area contributed by atoms with E-state index in [4.69, 9.17) is 4.74 Å². The highest BCUT2D eigenvalue weighted by Crippen LogP contribution is 2.17. The molecule has 1 saturated heterocycles. The minimum Gasteiger partial charge on any atom is -0.379 e. The van der Waals surface area contributed by atoms with E-state index in [1.807, 2.05) is 0 Å². The number of hydrogen-bond acceptors (Lipinski definition) is 5. The predicted molar refractivity (Wildman–Crippen MR) is 98.0 cm³/mol. The molecule has 1 aliphatic rings. The van der Waals surface area contributed by atoms with Crippen molar-refractivity contribution < 1.29 is 22.7 Å². The Labute approximate surface area is 157 Å². The zero-order chi connectivity index (χ0) is 19.4. The van der Waals surface area contributed by atoms with Crippen LogP contribution in [0.2, 0.25) is 0 Å². The Morgan fingerprint density at radius 1 is 1.19 bits per heavy atom. The highest BCUT2D eigenvalue weighted by Gasteiger charge is 2.26. The Morgan fingerprint density at radius 3 is 2.44 bits per heavy atom. The minimum absolute atomic E-state index is 0.123. The summed E-state index contributed by atoms with van der Waals surface area (Å²) < 4.78 is 31.7. The maximum atomic E-state index is 12.6.